The Morgan fingerprint density at radius 1 is 1.24 bits per heavy atom. The van der Waals surface area contributed by atoms with Crippen molar-refractivity contribution in [3.05, 3.63) is 40.7 Å². The molecular formula is C19H24N2O4. The topological polar surface area (TPSA) is 69.6 Å². The number of ether oxygens (including phenoxy) is 2. The first-order chi connectivity index (χ1) is 12.2. The molecule has 3 rings (SSSR count). The van der Waals surface area contributed by atoms with Crippen LogP contribution in [-0.4, -0.2) is 37.3 Å². The molecule has 6 heteroatoms. The number of hydrogen-bond acceptors (Lipinski definition) is 5. The summed E-state index contributed by atoms with van der Waals surface area (Å²) in [4.78, 5) is 24.3. The number of esters is 1. The number of rotatable bonds is 6. The zero-order chi connectivity index (χ0) is 17.6. The van der Waals surface area contributed by atoms with Crippen LogP contribution in [0.2, 0.25) is 0 Å². The van der Waals surface area contributed by atoms with Crippen molar-refractivity contribution in [1.29, 1.82) is 0 Å². The molecule has 1 aliphatic rings. The van der Waals surface area contributed by atoms with Crippen molar-refractivity contribution in [1.82, 2.24) is 9.88 Å². The smallest absolute Gasteiger partial charge is 0.309 e. The second-order valence-corrected chi connectivity index (χ2v) is 6.29. The molecule has 0 aliphatic carbocycles. The molecule has 0 bridgehead atoms. The molecule has 1 fully saturated rings. The Bertz CT molecular complexity index is 794. The molecule has 134 valence electrons. The summed E-state index contributed by atoms with van der Waals surface area (Å²) in [5.74, 6) is 0.600. The summed E-state index contributed by atoms with van der Waals surface area (Å²) < 4.78 is 12.3. The molecule has 1 aromatic heterocycles. The Morgan fingerprint density at radius 2 is 2.00 bits per heavy atom. The van der Waals surface area contributed by atoms with E-state index in [4.69, 9.17) is 9.47 Å². The van der Waals surface area contributed by atoms with Gasteiger partial charge in [0.1, 0.15) is 5.75 Å². The lowest BCUT2D eigenvalue weighted by molar-refractivity contribution is -0.149. The summed E-state index contributed by atoms with van der Waals surface area (Å²) in [5, 5.41) is 4.21. The molecule has 0 saturated carbocycles. The number of aryl methyl sites for hydroxylation is 1. The van der Waals surface area contributed by atoms with Crippen molar-refractivity contribution in [2.24, 2.45) is 5.92 Å². The van der Waals surface area contributed by atoms with Gasteiger partial charge in [0.15, 0.2) is 0 Å². The van der Waals surface area contributed by atoms with E-state index in [1.165, 1.54) is 0 Å². The van der Waals surface area contributed by atoms with Gasteiger partial charge in [-0.25, -0.2) is 0 Å². The third kappa shape index (κ3) is 4.20. The van der Waals surface area contributed by atoms with E-state index in [0.717, 1.165) is 36.8 Å². The maximum atomic E-state index is 12.2. The number of methoxy groups -OCH3 is 1. The van der Waals surface area contributed by atoms with Crippen LogP contribution in [0, 0.1) is 5.92 Å². The van der Waals surface area contributed by atoms with Gasteiger partial charge in [-0.3, -0.25) is 9.59 Å². The summed E-state index contributed by atoms with van der Waals surface area (Å²) in [6.45, 7) is 2.57. The van der Waals surface area contributed by atoms with Crippen molar-refractivity contribution in [3.63, 3.8) is 0 Å². The lowest BCUT2D eigenvalue weighted by Crippen LogP contribution is -2.33. The molecule has 2 aromatic rings. The molecule has 0 atom stereocenters. The fraction of sp³-hybridized carbons (Fsp3) is 0.474. The van der Waals surface area contributed by atoms with Gasteiger partial charge in [0, 0.05) is 18.7 Å². The average Bonchev–Trinajstić information content (AvgIpc) is 2.66. The zero-order valence-corrected chi connectivity index (χ0v) is 14.5. The predicted octanol–water partition coefficient (Wildman–Crippen LogP) is 1.94. The van der Waals surface area contributed by atoms with E-state index >= 15 is 0 Å². The van der Waals surface area contributed by atoms with Gasteiger partial charge < -0.3 is 19.4 Å². The Kier molecular flexibility index (Phi) is 5.71. The highest BCUT2D eigenvalue weighted by atomic mass is 16.5. The number of nitrogens with zero attached hydrogens (tertiary/aromatic N) is 1. The van der Waals surface area contributed by atoms with Crippen LogP contribution in [0.5, 0.6) is 5.75 Å². The molecule has 0 unspecified atom stereocenters. The second kappa shape index (κ2) is 8.16. The van der Waals surface area contributed by atoms with Gasteiger partial charge in [-0.05, 0) is 55.9 Å². The SMILES string of the molecule is COc1ccc2ccc(=O)n(CCCOC(=O)C3CCNCC3)c2c1. The van der Waals surface area contributed by atoms with E-state index in [0.29, 0.717) is 25.3 Å². The molecule has 25 heavy (non-hydrogen) atoms. The molecule has 1 saturated heterocycles. The van der Waals surface area contributed by atoms with Crippen molar-refractivity contribution in [2.75, 3.05) is 26.8 Å². The number of carbonyl (C=O) groups is 1. The van der Waals surface area contributed by atoms with Crippen LogP contribution in [0.3, 0.4) is 0 Å². The third-order valence-corrected chi connectivity index (χ3v) is 4.64. The normalized spacial score (nSPS) is 15.2. The minimum atomic E-state index is -0.117. The fourth-order valence-corrected chi connectivity index (χ4v) is 3.20. The van der Waals surface area contributed by atoms with Gasteiger partial charge in [0.2, 0.25) is 0 Å². The van der Waals surface area contributed by atoms with Crippen LogP contribution >= 0.6 is 0 Å². The minimum Gasteiger partial charge on any atom is -0.497 e. The van der Waals surface area contributed by atoms with Crippen molar-refractivity contribution in [2.45, 2.75) is 25.8 Å². The van der Waals surface area contributed by atoms with Crippen molar-refractivity contribution >= 4 is 16.9 Å². The molecule has 0 spiro atoms. The molecule has 0 radical (unpaired) electrons. The highest BCUT2D eigenvalue weighted by Gasteiger charge is 2.21. The lowest BCUT2D eigenvalue weighted by atomic mass is 9.99. The summed E-state index contributed by atoms with van der Waals surface area (Å²) in [5.41, 5.74) is 0.766. The number of hydrogen-bond donors (Lipinski definition) is 1. The van der Waals surface area contributed by atoms with Crippen LogP contribution < -0.4 is 15.6 Å². The van der Waals surface area contributed by atoms with Gasteiger partial charge in [0.05, 0.1) is 25.2 Å². The van der Waals surface area contributed by atoms with Crippen LogP contribution in [-0.2, 0) is 16.1 Å². The maximum absolute atomic E-state index is 12.2. The number of benzene rings is 1. The molecule has 1 aromatic carbocycles. The Hall–Kier alpha value is -2.34. The largest absolute Gasteiger partial charge is 0.497 e. The van der Waals surface area contributed by atoms with E-state index in [1.54, 1.807) is 17.7 Å². The molecule has 1 aliphatic heterocycles. The van der Waals surface area contributed by atoms with Crippen molar-refractivity contribution in [3.8, 4) is 5.75 Å². The first kappa shape index (κ1) is 17.5. The number of aromatic nitrogens is 1. The first-order valence-electron chi connectivity index (χ1n) is 8.74. The fourth-order valence-electron chi connectivity index (χ4n) is 3.20. The Balaban J connectivity index is 1.61. The summed E-state index contributed by atoms with van der Waals surface area (Å²) in [7, 11) is 1.60. The Morgan fingerprint density at radius 3 is 2.76 bits per heavy atom. The van der Waals surface area contributed by atoms with Crippen LogP contribution in [0.4, 0.5) is 0 Å². The van der Waals surface area contributed by atoms with E-state index in [2.05, 4.69) is 5.32 Å². The number of pyridine rings is 1. The van der Waals surface area contributed by atoms with Gasteiger partial charge in [-0.15, -0.1) is 0 Å². The van der Waals surface area contributed by atoms with Gasteiger partial charge >= 0.3 is 5.97 Å². The summed E-state index contributed by atoms with van der Waals surface area (Å²) in [6, 6.07) is 9.04. The number of nitrogens with one attached hydrogen (secondary N) is 1. The predicted molar refractivity (Wildman–Crippen MR) is 95.9 cm³/mol. The van der Waals surface area contributed by atoms with E-state index in [9.17, 15) is 9.59 Å². The summed E-state index contributed by atoms with van der Waals surface area (Å²) >= 11 is 0. The zero-order valence-electron chi connectivity index (χ0n) is 14.5. The highest BCUT2D eigenvalue weighted by Crippen LogP contribution is 2.19. The van der Waals surface area contributed by atoms with Gasteiger partial charge in [-0.2, -0.15) is 0 Å². The van der Waals surface area contributed by atoms with Crippen molar-refractivity contribution < 1.29 is 14.3 Å². The standard InChI is InChI=1S/C19H24N2O4/c1-24-16-5-3-14-4-6-18(22)21(17(14)13-16)11-2-12-25-19(23)15-7-9-20-10-8-15/h3-6,13,15,20H,2,7-12H2,1H3. The Labute approximate surface area is 146 Å². The number of carbonyl (C=O) groups excluding carboxylic acids is 1. The number of piperidine rings is 1. The van der Waals surface area contributed by atoms with Gasteiger partial charge in [0.25, 0.3) is 5.56 Å². The first-order valence-corrected chi connectivity index (χ1v) is 8.74. The molecule has 6 nitrogen and oxygen atoms in total. The highest BCUT2D eigenvalue weighted by molar-refractivity contribution is 5.80. The van der Waals surface area contributed by atoms with E-state index in [1.807, 2.05) is 24.3 Å². The minimum absolute atomic E-state index is 0.00536. The summed E-state index contributed by atoms with van der Waals surface area (Å²) in [6.07, 6.45) is 2.27. The maximum Gasteiger partial charge on any atom is 0.309 e. The molecule has 2 heterocycles. The lowest BCUT2D eigenvalue weighted by Gasteiger charge is -2.21. The quantitative estimate of drug-likeness (QED) is 0.641. The van der Waals surface area contributed by atoms with Crippen LogP contribution in [0.15, 0.2) is 35.1 Å². The van der Waals surface area contributed by atoms with Gasteiger partial charge in [-0.1, -0.05) is 0 Å². The molecular weight excluding hydrogens is 320 g/mol. The average molecular weight is 344 g/mol. The molecule has 0 amide bonds. The van der Waals surface area contributed by atoms with Crippen LogP contribution in [0.1, 0.15) is 19.3 Å². The third-order valence-electron chi connectivity index (χ3n) is 4.64. The monoisotopic (exact) mass is 344 g/mol. The van der Waals surface area contributed by atoms with Crippen LogP contribution in [0.25, 0.3) is 10.9 Å². The molecule has 1 N–H and O–H groups in total. The van der Waals surface area contributed by atoms with E-state index < -0.39 is 0 Å². The van der Waals surface area contributed by atoms with E-state index in [-0.39, 0.29) is 17.4 Å². The second-order valence-electron chi connectivity index (χ2n) is 6.29. The number of fused-ring (bicyclic) bond motifs is 1.